The molecule has 0 aromatic heterocycles. The van der Waals surface area contributed by atoms with Gasteiger partial charge in [0.1, 0.15) is 0 Å². The van der Waals surface area contributed by atoms with Crippen molar-refractivity contribution in [2.45, 2.75) is 45.6 Å². The molecule has 0 heterocycles. The first kappa shape index (κ1) is 15.0. The van der Waals surface area contributed by atoms with Crippen LogP contribution in [0.15, 0.2) is 0 Å². The van der Waals surface area contributed by atoms with Crippen LogP contribution in [0, 0.1) is 5.92 Å². The van der Waals surface area contributed by atoms with E-state index in [9.17, 15) is 9.59 Å². The molecule has 1 rings (SSSR count). The molecule has 18 heavy (non-hydrogen) atoms. The first-order valence-corrected chi connectivity index (χ1v) is 6.80. The molecule has 104 valence electrons. The number of nitrogens with one attached hydrogen (secondary N) is 2. The van der Waals surface area contributed by atoms with Crippen LogP contribution in [-0.2, 0) is 4.79 Å². The van der Waals surface area contributed by atoms with Crippen LogP contribution in [-0.4, -0.2) is 43.0 Å². The molecule has 1 aliphatic rings. The van der Waals surface area contributed by atoms with Gasteiger partial charge in [-0.05, 0) is 45.6 Å². The molecule has 0 saturated heterocycles. The minimum Gasteiger partial charge on any atom is -0.338 e. The van der Waals surface area contributed by atoms with Gasteiger partial charge in [0.25, 0.3) is 0 Å². The molecule has 0 radical (unpaired) electrons. The van der Waals surface area contributed by atoms with Crippen LogP contribution in [0.5, 0.6) is 0 Å². The molecule has 1 fully saturated rings. The van der Waals surface area contributed by atoms with Gasteiger partial charge in [0, 0.05) is 12.6 Å². The molecule has 0 atom stereocenters. The molecular weight excluding hydrogens is 230 g/mol. The van der Waals surface area contributed by atoms with Crippen molar-refractivity contribution in [3.8, 4) is 0 Å². The van der Waals surface area contributed by atoms with Crippen LogP contribution in [0.3, 0.4) is 0 Å². The first-order chi connectivity index (χ1) is 8.52. The molecule has 0 aromatic rings. The Hall–Kier alpha value is -1.10. The molecule has 0 aromatic carbocycles. The molecule has 0 unspecified atom stereocenters. The predicted octanol–water partition coefficient (Wildman–Crippen LogP) is 1.34. The van der Waals surface area contributed by atoms with E-state index in [1.165, 1.54) is 12.8 Å². The van der Waals surface area contributed by atoms with E-state index in [4.69, 9.17) is 0 Å². The molecule has 5 nitrogen and oxygen atoms in total. The highest BCUT2D eigenvalue weighted by Crippen LogP contribution is 2.26. The topological polar surface area (TPSA) is 61.4 Å². The summed E-state index contributed by atoms with van der Waals surface area (Å²) in [7, 11) is 1.96. The lowest BCUT2D eigenvalue weighted by Gasteiger charge is -2.33. The number of hydrogen-bond acceptors (Lipinski definition) is 3. The number of hydrogen-bond donors (Lipinski definition) is 2. The van der Waals surface area contributed by atoms with Crippen molar-refractivity contribution >= 4 is 11.9 Å². The molecule has 3 amide bonds. The van der Waals surface area contributed by atoms with Crippen LogP contribution in [0.1, 0.15) is 39.5 Å². The van der Waals surface area contributed by atoms with Crippen molar-refractivity contribution in [3.05, 3.63) is 0 Å². The van der Waals surface area contributed by atoms with Crippen molar-refractivity contribution in [1.29, 1.82) is 0 Å². The highest BCUT2D eigenvalue weighted by Gasteiger charge is 2.23. The van der Waals surface area contributed by atoms with Gasteiger partial charge in [0.2, 0.25) is 5.91 Å². The van der Waals surface area contributed by atoms with E-state index in [0.29, 0.717) is 12.6 Å². The zero-order chi connectivity index (χ0) is 13.5. The van der Waals surface area contributed by atoms with Crippen LogP contribution in [0.25, 0.3) is 0 Å². The fourth-order valence-electron chi connectivity index (χ4n) is 2.41. The van der Waals surface area contributed by atoms with E-state index in [1.54, 1.807) is 0 Å². The lowest BCUT2D eigenvalue weighted by molar-refractivity contribution is -0.121. The number of imide groups is 1. The second-order valence-electron chi connectivity index (χ2n) is 5.24. The fourth-order valence-corrected chi connectivity index (χ4v) is 2.41. The zero-order valence-electron chi connectivity index (χ0n) is 11.7. The molecule has 5 heteroatoms. The Morgan fingerprint density at radius 2 is 1.83 bits per heavy atom. The van der Waals surface area contributed by atoms with Gasteiger partial charge in [-0.1, -0.05) is 6.92 Å². The average molecular weight is 255 g/mol. The predicted molar refractivity (Wildman–Crippen MR) is 71.3 cm³/mol. The summed E-state index contributed by atoms with van der Waals surface area (Å²) in [6, 6.07) is 0.0642. The van der Waals surface area contributed by atoms with Crippen LogP contribution in [0.4, 0.5) is 4.79 Å². The van der Waals surface area contributed by atoms with Gasteiger partial charge in [0.15, 0.2) is 0 Å². The van der Waals surface area contributed by atoms with E-state index < -0.39 is 6.03 Å². The van der Waals surface area contributed by atoms with Crippen molar-refractivity contribution in [3.63, 3.8) is 0 Å². The maximum absolute atomic E-state index is 11.6. The Labute approximate surface area is 109 Å². The SMILES string of the molecule is CCNC(=O)NC(=O)CN(C)C1CCC(C)CC1. The molecule has 1 saturated carbocycles. The number of nitrogens with zero attached hydrogens (tertiary/aromatic N) is 1. The monoisotopic (exact) mass is 255 g/mol. The molecule has 2 N–H and O–H groups in total. The molecule has 0 spiro atoms. The van der Waals surface area contributed by atoms with Crippen LogP contribution in [0.2, 0.25) is 0 Å². The Morgan fingerprint density at radius 3 is 2.39 bits per heavy atom. The molecule has 1 aliphatic carbocycles. The summed E-state index contributed by atoms with van der Waals surface area (Å²) in [5, 5.41) is 4.87. The third-order valence-electron chi connectivity index (χ3n) is 3.59. The van der Waals surface area contributed by atoms with E-state index in [-0.39, 0.29) is 12.5 Å². The van der Waals surface area contributed by atoms with E-state index in [0.717, 1.165) is 18.8 Å². The highest BCUT2D eigenvalue weighted by molar-refractivity contribution is 5.95. The standard InChI is InChI=1S/C13H25N3O2/c1-4-14-13(18)15-12(17)9-16(3)11-7-5-10(2)6-8-11/h10-11H,4-9H2,1-3H3,(H2,14,15,17,18). The van der Waals surface area contributed by atoms with Gasteiger partial charge in [-0.2, -0.15) is 0 Å². The minimum atomic E-state index is -0.409. The number of carbonyl (C=O) groups is 2. The third kappa shape index (κ3) is 5.04. The van der Waals surface area contributed by atoms with Crippen molar-refractivity contribution < 1.29 is 9.59 Å². The van der Waals surface area contributed by atoms with Crippen LogP contribution < -0.4 is 10.6 Å². The Kier molecular flexibility index (Phi) is 6.12. The summed E-state index contributed by atoms with van der Waals surface area (Å²) in [4.78, 5) is 24.9. The Balaban J connectivity index is 2.28. The van der Waals surface area contributed by atoms with E-state index in [2.05, 4.69) is 22.5 Å². The second kappa shape index (κ2) is 7.36. The Bertz CT molecular complexity index is 286. The van der Waals surface area contributed by atoms with Gasteiger partial charge in [-0.15, -0.1) is 0 Å². The maximum Gasteiger partial charge on any atom is 0.321 e. The van der Waals surface area contributed by atoms with E-state index in [1.807, 2.05) is 14.0 Å². The summed E-state index contributed by atoms with van der Waals surface area (Å²) in [6.45, 7) is 4.91. The normalized spacial score (nSPS) is 23.8. The number of amides is 3. The number of likely N-dealkylation sites (N-methyl/N-ethyl adjacent to an activating group) is 1. The lowest BCUT2D eigenvalue weighted by Crippen LogP contribution is -2.46. The van der Waals surface area contributed by atoms with Crippen LogP contribution >= 0.6 is 0 Å². The summed E-state index contributed by atoms with van der Waals surface area (Å²) in [6.07, 6.45) is 4.75. The van der Waals surface area contributed by atoms with Gasteiger partial charge in [-0.3, -0.25) is 15.0 Å². The molecular formula is C13H25N3O2. The van der Waals surface area contributed by atoms with Gasteiger partial charge >= 0.3 is 6.03 Å². The second-order valence-corrected chi connectivity index (χ2v) is 5.24. The van der Waals surface area contributed by atoms with Gasteiger partial charge in [-0.25, -0.2) is 4.79 Å². The smallest absolute Gasteiger partial charge is 0.321 e. The van der Waals surface area contributed by atoms with Gasteiger partial charge in [0.05, 0.1) is 6.54 Å². The van der Waals surface area contributed by atoms with Crippen molar-refractivity contribution in [1.82, 2.24) is 15.5 Å². The van der Waals surface area contributed by atoms with Crippen molar-refractivity contribution in [2.75, 3.05) is 20.1 Å². The Morgan fingerprint density at radius 1 is 1.22 bits per heavy atom. The first-order valence-electron chi connectivity index (χ1n) is 6.80. The number of urea groups is 1. The zero-order valence-corrected chi connectivity index (χ0v) is 11.7. The maximum atomic E-state index is 11.6. The summed E-state index contributed by atoms with van der Waals surface area (Å²) in [5.74, 6) is 0.570. The fraction of sp³-hybridized carbons (Fsp3) is 0.846. The average Bonchev–Trinajstić information content (AvgIpc) is 2.29. The van der Waals surface area contributed by atoms with Crippen molar-refractivity contribution in [2.24, 2.45) is 5.92 Å². The van der Waals surface area contributed by atoms with Gasteiger partial charge < -0.3 is 5.32 Å². The number of rotatable bonds is 4. The number of carbonyl (C=O) groups excluding carboxylic acids is 2. The highest BCUT2D eigenvalue weighted by atomic mass is 16.2. The van der Waals surface area contributed by atoms with E-state index >= 15 is 0 Å². The third-order valence-corrected chi connectivity index (χ3v) is 3.59. The lowest BCUT2D eigenvalue weighted by atomic mass is 9.87. The quantitative estimate of drug-likeness (QED) is 0.797. The largest absolute Gasteiger partial charge is 0.338 e. The molecule has 0 aliphatic heterocycles. The molecule has 0 bridgehead atoms. The summed E-state index contributed by atoms with van der Waals surface area (Å²) < 4.78 is 0. The summed E-state index contributed by atoms with van der Waals surface area (Å²) in [5.41, 5.74) is 0. The summed E-state index contributed by atoms with van der Waals surface area (Å²) >= 11 is 0. The minimum absolute atomic E-state index is 0.234.